The van der Waals surface area contributed by atoms with Crippen LogP contribution < -0.4 is 0 Å². The lowest BCUT2D eigenvalue weighted by Crippen LogP contribution is -2.54. The van der Waals surface area contributed by atoms with Crippen LogP contribution in [0.25, 0.3) is 0 Å². The zero-order chi connectivity index (χ0) is 13.9. The van der Waals surface area contributed by atoms with Gasteiger partial charge in [0.25, 0.3) is 0 Å². The maximum atomic E-state index is 12.7. The molecule has 1 atom stereocenters. The molecule has 0 saturated carbocycles. The van der Waals surface area contributed by atoms with Gasteiger partial charge in [-0.15, -0.1) is 11.6 Å². The lowest BCUT2D eigenvalue weighted by atomic mass is 9.71. The van der Waals surface area contributed by atoms with Gasteiger partial charge in [0, 0.05) is 18.8 Å². The van der Waals surface area contributed by atoms with Crippen molar-refractivity contribution < 1.29 is 9.59 Å². The first-order chi connectivity index (χ1) is 9.15. The molecule has 1 heterocycles. The number of carbonyl (C=O) groups excluding carboxylic acids is 2. The Balaban J connectivity index is 2.40. The molecular weight excluding hydrogens is 262 g/mol. The highest BCUT2D eigenvalue weighted by molar-refractivity contribution is 6.18. The first-order valence-corrected chi connectivity index (χ1v) is 7.15. The van der Waals surface area contributed by atoms with Crippen molar-refractivity contribution in [1.29, 1.82) is 0 Å². The average molecular weight is 280 g/mol. The van der Waals surface area contributed by atoms with E-state index in [-0.39, 0.29) is 17.7 Å². The highest BCUT2D eigenvalue weighted by atomic mass is 35.5. The molecule has 1 fully saturated rings. The second-order valence-corrected chi connectivity index (χ2v) is 5.22. The molecular formula is C15H18ClNO2. The third-order valence-electron chi connectivity index (χ3n) is 3.96. The summed E-state index contributed by atoms with van der Waals surface area (Å²) in [4.78, 5) is 25.9. The second kappa shape index (κ2) is 5.74. The fourth-order valence-electron chi connectivity index (χ4n) is 2.80. The third-order valence-corrected chi connectivity index (χ3v) is 4.13. The summed E-state index contributed by atoms with van der Waals surface area (Å²) in [5.74, 6) is 0.0789. The number of rotatable bonds is 4. The first-order valence-electron chi connectivity index (χ1n) is 6.62. The molecule has 0 radical (unpaired) electrons. The van der Waals surface area contributed by atoms with Crippen LogP contribution in [-0.2, 0) is 15.0 Å². The molecule has 2 amide bonds. The SMILES string of the molecule is CCC1(c2ccccc2)CCC(=O)N(CCCl)C1=O. The van der Waals surface area contributed by atoms with Gasteiger partial charge in [0.2, 0.25) is 11.8 Å². The molecule has 1 aliphatic heterocycles. The minimum absolute atomic E-state index is 0.0990. The first kappa shape index (κ1) is 14.1. The minimum Gasteiger partial charge on any atom is -0.281 e. The zero-order valence-corrected chi connectivity index (χ0v) is 11.8. The molecule has 3 nitrogen and oxygen atoms in total. The van der Waals surface area contributed by atoms with E-state index >= 15 is 0 Å². The van der Waals surface area contributed by atoms with Crippen LogP contribution in [0.2, 0.25) is 0 Å². The molecule has 102 valence electrons. The molecule has 0 N–H and O–H groups in total. The van der Waals surface area contributed by atoms with Crippen molar-refractivity contribution in [2.45, 2.75) is 31.6 Å². The predicted octanol–water partition coefficient (Wildman–Crippen LogP) is 2.72. The van der Waals surface area contributed by atoms with Crippen LogP contribution in [0, 0.1) is 0 Å². The molecule has 0 spiro atoms. The highest BCUT2D eigenvalue weighted by Crippen LogP contribution is 2.38. The number of nitrogens with zero attached hydrogens (tertiary/aromatic N) is 1. The maximum absolute atomic E-state index is 12.7. The second-order valence-electron chi connectivity index (χ2n) is 4.84. The van der Waals surface area contributed by atoms with E-state index in [4.69, 9.17) is 11.6 Å². The van der Waals surface area contributed by atoms with Crippen LogP contribution in [0.1, 0.15) is 31.7 Å². The van der Waals surface area contributed by atoms with Gasteiger partial charge in [-0.1, -0.05) is 37.3 Å². The van der Waals surface area contributed by atoms with Gasteiger partial charge in [-0.05, 0) is 18.4 Å². The van der Waals surface area contributed by atoms with Crippen LogP contribution in [0.3, 0.4) is 0 Å². The van der Waals surface area contributed by atoms with E-state index in [0.29, 0.717) is 25.8 Å². The van der Waals surface area contributed by atoms with Crippen molar-refractivity contribution in [3.05, 3.63) is 35.9 Å². The largest absolute Gasteiger partial charge is 0.281 e. The summed E-state index contributed by atoms with van der Waals surface area (Å²) in [6, 6.07) is 9.73. The Hall–Kier alpha value is -1.35. The number of likely N-dealkylation sites (tertiary alicyclic amines) is 1. The third kappa shape index (κ3) is 2.39. The summed E-state index contributed by atoms with van der Waals surface area (Å²) < 4.78 is 0. The van der Waals surface area contributed by atoms with Gasteiger partial charge < -0.3 is 0 Å². The van der Waals surface area contributed by atoms with Crippen molar-refractivity contribution in [1.82, 2.24) is 4.90 Å². The Morgan fingerprint density at radius 1 is 1.26 bits per heavy atom. The van der Waals surface area contributed by atoms with Gasteiger partial charge in [-0.25, -0.2) is 0 Å². The van der Waals surface area contributed by atoms with Crippen LogP contribution in [0.4, 0.5) is 0 Å². The van der Waals surface area contributed by atoms with Crippen LogP contribution in [0.15, 0.2) is 30.3 Å². The minimum atomic E-state index is -0.568. The summed E-state index contributed by atoms with van der Waals surface area (Å²) in [6.07, 6.45) is 1.69. The summed E-state index contributed by atoms with van der Waals surface area (Å²) in [5.41, 5.74) is 0.427. The van der Waals surface area contributed by atoms with Gasteiger partial charge in [-0.2, -0.15) is 0 Å². The smallest absolute Gasteiger partial charge is 0.239 e. The number of piperidine rings is 1. The quantitative estimate of drug-likeness (QED) is 0.628. The maximum Gasteiger partial charge on any atom is 0.239 e. The van der Waals surface area contributed by atoms with Crippen LogP contribution >= 0.6 is 11.6 Å². The molecule has 1 aromatic carbocycles. The molecule has 1 unspecified atom stereocenters. The Labute approximate surface area is 118 Å². The van der Waals surface area contributed by atoms with Gasteiger partial charge in [0.05, 0.1) is 5.41 Å². The normalized spacial score (nSPS) is 23.8. The van der Waals surface area contributed by atoms with E-state index in [1.165, 1.54) is 4.90 Å². The molecule has 19 heavy (non-hydrogen) atoms. The fourth-order valence-corrected chi connectivity index (χ4v) is 2.97. The van der Waals surface area contributed by atoms with Crippen molar-refractivity contribution in [2.75, 3.05) is 12.4 Å². The Morgan fingerprint density at radius 2 is 1.95 bits per heavy atom. The highest BCUT2D eigenvalue weighted by Gasteiger charge is 2.46. The van der Waals surface area contributed by atoms with Crippen LogP contribution in [-0.4, -0.2) is 29.1 Å². The van der Waals surface area contributed by atoms with Gasteiger partial charge >= 0.3 is 0 Å². The van der Waals surface area contributed by atoms with Gasteiger partial charge in [0.1, 0.15) is 0 Å². The standard InChI is InChI=1S/C15H18ClNO2/c1-2-15(12-6-4-3-5-7-12)9-8-13(18)17(11-10-16)14(15)19/h3-7H,2,8-11H2,1H3. The van der Waals surface area contributed by atoms with Crippen molar-refractivity contribution >= 4 is 23.4 Å². The summed E-state index contributed by atoms with van der Waals surface area (Å²) in [7, 11) is 0. The van der Waals surface area contributed by atoms with E-state index < -0.39 is 5.41 Å². The van der Waals surface area contributed by atoms with E-state index in [0.717, 1.165) is 5.56 Å². The monoisotopic (exact) mass is 279 g/mol. The zero-order valence-electron chi connectivity index (χ0n) is 11.1. The Bertz CT molecular complexity index is 474. The van der Waals surface area contributed by atoms with Gasteiger partial charge in [0.15, 0.2) is 0 Å². The molecule has 1 aliphatic rings. The number of hydrogen-bond donors (Lipinski definition) is 0. The fraction of sp³-hybridized carbons (Fsp3) is 0.467. The van der Waals surface area contributed by atoms with Gasteiger partial charge in [-0.3, -0.25) is 14.5 Å². The summed E-state index contributed by atoms with van der Waals surface area (Å²) in [6.45, 7) is 2.30. The number of imide groups is 1. The van der Waals surface area contributed by atoms with E-state index in [1.807, 2.05) is 37.3 Å². The van der Waals surface area contributed by atoms with Crippen molar-refractivity contribution in [3.63, 3.8) is 0 Å². The van der Waals surface area contributed by atoms with E-state index in [9.17, 15) is 9.59 Å². The predicted molar refractivity (Wildman–Crippen MR) is 75.1 cm³/mol. The molecule has 1 aromatic rings. The van der Waals surface area contributed by atoms with Crippen LogP contribution in [0.5, 0.6) is 0 Å². The number of carbonyl (C=O) groups is 2. The summed E-state index contributed by atoms with van der Waals surface area (Å²) >= 11 is 5.70. The van der Waals surface area contributed by atoms with E-state index in [1.54, 1.807) is 0 Å². The number of benzene rings is 1. The van der Waals surface area contributed by atoms with E-state index in [2.05, 4.69) is 0 Å². The molecule has 0 aliphatic carbocycles. The number of amides is 2. The van der Waals surface area contributed by atoms with Crippen molar-refractivity contribution in [2.24, 2.45) is 0 Å². The average Bonchev–Trinajstić information content (AvgIpc) is 2.45. The number of hydrogen-bond acceptors (Lipinski definition) is 2. The molecule has 0 bridgehead atoms. The molecule has 1 saturated heterocycles. The van der Waals surface area contributed by atoms with Crippen molar-refractivity contribution in [3.8, 4) is 0 Å². The molecule has 4 heteroatoms. The number of halogens is 1. The topological polar surface area (TPSA) is 37.4 Å². The molecule has 2 rings (SSSR count). The lowest BCUT2D eigenvalue weighted by molar-refractivity contribution is -0.153. The lowest BCUT2D eigenvalue weighted by Gasteiger charge is -2.40. The Morgan fingerprint density at radius 3 is 2.53 bits per heavy atom. The molecule has 0 aromatic heterocycles. The summed E-state index contributed by atoms with van der Waals surface area (Å²) in [5, 5.41) is 0. The number of alkyl halides is 1. The Kier molecular flexibility index (Phi) is 4.25.